The third-order valence-electron chi connectivity index (χ3n) is 3.50. The Labute approximate surface area is 143 Å². The summed E-state index contributed by atoms with van der Waals surface area (Å²) in [5.41, 5.74) is 1.58. The van der Waals surface area contributed by atoms with Crippen molar-refractivity contribution in [2.24, 2.45) is 0 Å². The number of nitrogens with zero attached hydrogens (tertiary/aromatic N) is 1. The highest BCUT2D eigenvalue weighted by Gasteiger charge is 2.25. The second-order valence-electron chi connectivity index (χ2n) is 5.22. The third-order valence-corrected chi connectivity index (χ3v) is 3.83. The molecule has 1 aliphatic heterocycles. The van der Waals surface area contributed by atoms with E-state index in [1.807, 2.05) is 30.3 Å². The molecule has 0 saturated carbocycles. The molecule has 24 heavy (non-hydrogen) atoms. The first-order valence-corrected chi connectivity index (χ1v) is 7.62. The van der Waals surface area contributed by atoms with Crippen LogP contribution in [0.4, 0.5) is 11.4 Å². The van der Waals surface area contributed by atoms with Crippen LogP contribution >= 0.6 is 11.6 Å². The van der Waals surface area contributed by atoms with Crippen molar-refractivity contribution in [1.29, 1.82) is 0 Å². The Morgan fingerprint density at radius 2 is 1.67 bits per heavy atom. The van der Waals surface area contributed by atoms with Gasteiger partial charge in [-0.05, 0) is 23.8 Å². The quantitative estimate of drug-likeness (QED) is 0.870. The normalized spacial score (nSPS) is 13.5. The highest BCUT2D eigenvalue weighted by molar-refractivity contribution is 6.34. The molecule has 120 valence electrons. The Morgan fingerprint density at radius 1 is 1.00 bits per heavy atom. The van der Waals surface area contributed by atoms with Crippen LogP contribution in [0.3, 0.4) is 0 Å². The summed E-state index contributed by atoms with van der Waals surface area (Å²) in [6.07, 6.45) is 2.60. The number of carbonyl (C=O) groups excluding carboxylic acids is 3. The summed E-state index contributed by atoms with van der Waals surface area (Å²) in [6.45, 7) is 0. The Bertz CT molecular complexity index is 829. The molecular formula is C18H13ClN2O3. The minimum absolute atomic E-state index is 0.199. The molecule has 2 aromatic rings. The second kappa shape index (κ2) is 6.68. The van der Waals surface area contributed by atoms with Gasteiger partial charge in [0, 0.05) is 12.2 Å². The number of hydrogen-bond donors (Lipinski definition) is 1. The van der Waals surface area contributed by atoms with Crippen LogP contribution in [0.1, 0.15) is 5.56 Å². The highest BCUT2D eigenvalue weighted by Crippen LogP contribution is 2.29. The van der Waals surface area contributed by atoms with Gasteiger partial charge in [0.1, 0.15) is 0 Å². The van der Waals surface area contributed by atoms with E-state index in [0.29, 0.717) is 16.4 Å². The number of rotatable bonds is 4. The largest absolute Gasteiger partial charge is 0.324 e. The number of benzene rings is 2. The molecule has 6 heteroatoms. The Morgan fingerprint density at radius 3 is 2.33 bits per heavy atom. The molecule has 3 amide bonds. The van der Waals surface area contributed by atoms with Crippen molar-refractivity contribution < 1.29 is 14.4 Å². The van der Waals surface area contributed by atoms with E-state index in [9.17, 15) is 14.4 Å². The van der Waals surface area contributed by atoms with Crippen LogP contribution in [-0.4, -0.2) is 17.7 Å². The van der Waals surface area contributed by atoms with E-state index in [-0.39, 0.29) is 12.3 Å². The first-order chi connectivity index (χ1) is 11.5. The van der Waals surface area contributed by atoms with Gasteiger partial charge in [0.05, 0.1) is 22.8 Å². The fraction of sp³-hybridized carbons (Fsp3) is 0.0556. The Balaban J connectivity index is 1.78. The van der Waals surface area contributed by atoms with E-state index in [4.69, 9.17) is 11.6 Å². The van der Waals surface area contributed by atoms with Gasteiger partial charge in [-0.3, -0.25) is 14.4 Å². The molecule has 0 aromatic heterocycles. The maximum atomic E-state index is 12.2. The van der Waals surface area contributed by atoms with Crippen molar-refractivity contribution >= 4 is 40.7 Å². The fourth-order valence-corrected chi connectivity index (χ4v) is 2.54. The molecule has 0 aliphatic carbocycles. The number of carbonyl (C=O) groups is 3. The summed E-state index contributed by atoms with van der Waals surface area (Å²) in [6, 6.07) is 13.9. The lowest BCUT2D eigenvalue weighted by Gasteiger charge is -2.16. The topological polar surface area (TPSA) is 66.5 Å². The summed E-state index contributed by atoms with van der Waals surface area (Å²) >= 11 is 6.10. The molecule has 2 aromatic carbocycles. The summed E-state index contributed by atoms with van der Waals surface area (Å²) in [5.74, 6) is -1.09. The van der Waals surface area contributed by atoms with Gasteiger partial charge in [0.2, 0.25) is 5.91 Å². The zero-order valence-electron chi connectivity index (χ0n) is 12.5. The van der Waals surface area contributed by atoms with Gasteiger partial charge in [-0.25, -0.2) is 4.90 Å². The molecule has 0 bridgehead atoms. The number of halogens is 1. The number of anilines is 2. The van der Waals surface area contributed by atoms with Crippen molar-refractivity contribution in [3.8, 4) is 0 Å². The van der Waals surface area contributed by atoms with E-state index >= 15 is 0 Å². The maximum absolute atomic E-state index is 12.2. The van der Waals surface area contributed by atoms with E-state index in [2.05, 4.69) is 5.32 Å². The van der Waals surface area contributed by atoms with E-state index in [0.717, 1.165) is 10.5 Å². The standard InChI is InChI=1S/C18H13ClN2O3/c19-14-7-6-13(21-17(23)8-9-18(21)24)11-15(14)20-16(22)10-12-4-2-1-3-5-12/h1-9,11H,10H2,(H,20,22). The van der Waals surface area contributed by atoms with Crippen LogP contribution in [-0.2, 0) is 20.8 Å². The number of nitrogens with one attached hydrogen (secondary N) is 1. The maximum Gasteiger partial charge on any atom is 0.258 e. The van der Waals surface area contributed by atoms with Crippen molar-refractivity contribution in [2.45, 2.75) is 6.42 Å². The first kappa shape index (κ1) is 16.0. The fourth-order valence-electron chi connectivity index (χ4n) is 2.38. The molecular weight excluding hydrogens is 328 g/mol. The molecule has 3 rings (SSSR count). The average Bonchev–Trinajstić information content (AvgIpc) is 2.89. The lowest BCUT2D eigenvalue weighted by atomic mass is 10.1. The lowest BCUT2D eigenvalue weighted by Crippen LogP contribution is -2.29. The minimum atomic E-state index is -0.427. The van der Waals surface area contributed by atoms with Crippen molar-refractivity contribution in [3.05, 3.63) is 71.3 Å². The predicted octanol–water partition coefficient (Wildman–Crippen LogP) is 2.95. The summed E-state index contributed by atoms with van der Waals surface area (Å²) < 4.78 is 0. The SMILES string of the molecule is O=C(Cc1ccccc1)Nc1cc(N2C(=O)C=CC2=O)ccc1Cl. The number of hydrogen-bond acceptors (Lipinski definition) is 3. The van der Waals surface area contributed by atoms with Crippen molar-refractivity contribution in [1.82, 2.24) is 0 Å². The zero-order chi connectivity index (χ0) is 17.1. The Kier molecular flexibility index (Phi) is 4.44. The molecule has 1 N–H and O–H groups in total. The highest BCUT2D eigenvalue weighted by atomic mass is 35.5. The number of amides is 3. The van der Waals surface area contributed by atoms with E-state index in [1.54, 1.807) is 6.07 Å². The molecule has 0 fully saturated rings. The monoisotopic (exact) mass is 340 g/mol. The van der Waals surface area contributed by atoms with Crippen molar-refractivity contribution in [3.63, 3.8) is 0 Å². The van der Waals surface area contributed by atoms with Gasteiger partial charge in [0.15, 0.2) is 0 Å². The second-order valence-corrected chi connectivity index (χ2v) is 5.63. The molecule has 0 atom stereocenters. The molecule has 1 aliphatic rings. The van der Waals surface area contributed by atoms with Gasteiger partial charge in [-0.15, -0.1) is 0 Å². The van der Waals surface area contributed by atoms with E-state index in [1.165, 1.54) is 24.3 Å². The van der Waals surface area contributed by atoms with Crippen LogP contribution in [0.25, 0.3) is 0 Å². The van der Waals surface area contributed by atoms with Crippen LogP contribution < -0.4 is 10.2 Å². The predicted molar refractivity (Wildman–Crippen MR) is 91.9 cm³/mol. The Hall–Kier alpha value is -2.92. The lowest BCUT2D eigenvalue weighted by molar-refractivity contribution is -0.120. The van der Waals surface area contributed by atoms with Gasteiger partial charge < -0.3 is 5.32 Å². The molecule has 0 unspecified atom stereocenters. The summed E-state index contributed by atoms with van der Waals surface area (Å²) in [4.78, 5) is 36.7. The minimum Gasteiger partial charge on any atom is -0.324 e. The van der Waals surface area contributed by atoms with Crippen LogP contribution in [0, 0.1) is 0 Å². The summed E-state index contributed by atoms with van der Waals surface area (Å²) in [5, 5.41) is 3.04. The van der Waals surface area contributed by atoms with Gasteiger partial charge in [0.25, 0.3) is 11.8 Å². The first-order valence-electron chi connectivity index (χ1n) is 7.24. The van der Waals surface area contributed by atoms with Gasteiger partial charge >= 0.3 is 0 Å². The molecule has 5 nitrogen and oxygen atoms in total. The van der Waals surface area contributed by atoms with Crippen LogP contribution in [0.2, 0.25) is 5.02 Å². The van der Waals surface area contributed by atoms with Crippen LogP contribution in [0.5, 0.6) is 0 Å². The van der Waals surface area contributed by atoms with Crippen molar-refractivity contribution in [2.75, 3.05) is 10.2 Å². The van der Waals surface area contributed by atoms with Crippen LogP contribution in [0.15, 0.2) is 60.7 Å². The van der Waals surface area contributed by atoms with Gasteiger partial charge in [-0.1, -0.05) is 41.9 Å². The summed E-state index contributed by atoms with van der Waals surface area (Å²) in [7, 11) is 0. The average molecular weight is 341 g/mol. The van der Waals surface area contributed by atoms with Gasteiger partial charge in [-0.2, -0.15) is 0 Å². The molecule has 0 spiro atoms. The zero-order valence-corrected chi connectivity index (χ0v) is 13.3. The smallest absolute Gasteiger partial charge is 0.258 e. The van der Waals surface area contributed by atoms with E-state index < -0.39 is 11.8 Å². The molecule has 0 saturated heterocycles. The molecule has 0 radical (unpaired) electrons. The number of imide groups is 1. The third kappa shape index (κ3) is 3.36. The molecule has 1 heterocycles.